The largest absolute Gasteiger partial charge is 0.338 e. The highest BCUT2D eigenvalue weighted by Crippen LogP contribution is 2.24. The van der Waals surface area contributed by atoms with Gasteiger partial charge >= 0.3 is 0 Å². The highest BCUT2D eigenvalue weighted by atomic mass is 35.5. The van der Waals surface area contributed by atoms with Gasteiger partial charge in [0.1, 0.15) is 0 Å². The van der Waals surface area contributed by atoms with E-state index in [0.29, 0.717) is 5.92 Å². The molecular weight excluding hydrogens is 284 g/mol. The first-order valence-corrected chi connectivity index (χ1v) is 7.19. The summed E-state index contributed by atoms with van der Waals surface area (Å²) in [4.78, 5) is 14.7. The van der Waals surface area contributed by atoms with E-state index in [1.165, 1.54) is 0 Å². The van der Waals surface area contributed by atoms with Gasteiger partial charge in [0.15, 0.2) is 0 Å². The van der Waals surface area contributed by atoms with E-state index in [0.717, 1.165) is 35.8 Å². The number of rotatable bonds is 2. The Kier molecular flexibility index (Phi) is 4.86. The van der Waals surface area contributed by atoms with Crippen molar-refractivity contribution in [2.45, 2.75) is 19.4 Å². The standard InChI is InChI=1S/C17H20N2O.ClH/c1-12(18)14-9-10-19(11-14)17(20)16-8-4-6-13-5-2-3-7-15(13)16;/h2-8,12,14H,9-11,18H2,1H3;1H. The maximum atomic E-state index is 12.7. The lowest BCUT2D eigenvalue weighted by atomic mass is 10.0. The van der Waals surface area contributed by atoms with Crippen LogP contribution in [0.5, 0.6) is 0 Å². The Balaban J connectivity index is 0.00000161. The Morgan fingerprint density at radius 3 is 2.67 bits per heavy atom. The molecule has 1 fully saturated rings. The predicted molar refractivity (Wildman–Crippen MR) is 88.9 cm³/mol. The van der Waals surface area contributed by atoms with Crippen molar-refractivity contribution in [3.05, 3.63) is 48.0 Å². The molecule has 1 saturated heterocycles. The number of carbonyl (C=O) groups excluding carboxylic acids is 1. The Bertz CT molecular complexity index is 636. The number of fused-ring (bicyclic) bond motifs is 1. The zero-order chi connectivity index (χ0) is 14.1. The number of halogens is 1. The Morgan fingerprint density at radius 1 is 1.24 bits per heavy atom. The van der Waals surface area contributed by atoms with Crippen molar-refractivity contribution in [1.29, 1.82) is 0 Å². The fraction of sp³-hybridized carbons (Fsp3) is 0.353. The summed E-state index contributed by atoms with van der Waals surface area (Å²) >= 11 is 0. The molecular formula is C17H21ClN2O. The van der Waals surface area contributed by atoms with E-state index in [-0.39, 0.29) is 24.4 Å². The van der Waals surface area contributed by atoms with Gasteiger partial charge in [0.2, 0.25) is 0 Å². The molecule has 0 bridgehead atoms. The molecule has 0 radical (unpaired) electrons. The van der Waals surface area contributed by atoms with Gasteiger partial charge in [-0.3, -0.25) is 4.79 Å². The minimum absolute atomic E-state index is 0. The summed E-state index contributed by atoms with van der Waals surface area (Å²) in [5, 5.41) is 2.14. The summed E-state index contributed by atoms with van der Waals surface area (Å²) in [6, 6.07) is 14.1. The third kappa shape index (κ3) is 3.04. The maximum Gasteiger partial charge on any atom is 0.254 e. The fourth-order valence-corrected chi connectivity index (χ4v) is 2.98. The van der Waals surface area contributed by atoms with E-state index in [1.54, 1.807) is 0 Å². The van der Waals surface area contributed by atoms with E-state index >= 15 is 0 Å². The molecule has 1 aliphatic heterocycles. The number of hydrogen-bond acceptors (Lipinski definition) is 2. The topological polar surface area (TPSA) is 46.3 Å². The van der Waals surface area contributed by atoms with Gasteiger partial charge in [-0.2, -0.15) is 0 Å². The minimum Gasteiger partial charge on any atom is -0.338 e. The van der Waals surface area contributed by atoms with Gasteiger partial charge in [-0.15, -0.1) is 12.4 Å². The van der Waals surface area contributed by atoms with Gasteiger partial charge in [-0.25, -0.2) is 0 Å². The third-order valence-corrected chi connectivity index (χ3v) is 4.28. The van der Waals surface area contributed by atoms with E-state index < -0.39 is 0 Å². The number of nitrogens with zero attached hydrogens (tertiary/aromatic N) is 1. The number of nitrogens with two attached hydrogens (primary N) is 1. The number of likely N-dealkylation sites (tertiary alicyclic amines) is 1. The molecule has 0 aliphatic carbocycles. The van der Waals surface area contributed by atoms with Gasteiger partial charge in [-0.1, -0.05) is 36.4 Å². The molecule has 1 heterocycles. The number of amides is 1. The smallest absolute Gasteiger partial charge is 0.254 e. The summed E-state index contributed by atoms with van der Waals surface area (Å²) in [5.41, 5.74) is 6.75. The van der Waals surface area contributed by atoms with Crippen LogP contribution < -0.4 is 5.73 Å². The molecule has 0 saturated carbocycles. The molecule has 3 nitrogen and oxygen atoms in total. The molecule has 1 amide bonds. The summed E-state index contributed by atoms with van der Waals surface area (Å²) in [7, 11) is 0. The second-order valence-electron chi connectivity index (χ2n) is 5.69. The minimum atomic E-state index is 0. The van der Waals surface area contributed by atoms with Crippen molar-refractivity contribution in [3.8, 4) is 0 Å². The van der Waals surface area contributed by atoms with Gasteiger partial charge in [0.05, 0.1) is 0 Å². The Morgan fingerprint density at radius 2 is 1.95 bits per heavy atom. The number of carbonyl (C=O) groups is 1. The first-order chi connectivity index (χ1) is 9.66. The van der Waals surface area contributed by atoms with Crippen molar-refractivity contribution < 1.29 is 4.79 Å². The molecule has 2 N–H and O–H groups in total. The SMILES string of the molecule is CC(N)C1CCN(C(=O)c2cccc3ccccc23)C1.Cl. The lowest BCUT2D eigenvalue weighted by Crippen LogP contribution is -2.33. The fourth-order valence-electron chi connectivity index (χ4n) is 2.98. The molecule has 2 aromatic rings. The van der Waals surface area contributed by atoms with E-state index in [4.69, 9.17) is 5.73 Å². The molecule has 0 aromatic heterocycles. The van der Waals surface area contributed by atoms with Crippen LogP contribution in [0.3, 0.4) is 0 Å². The Hall–Kier alpha value is -1.58. The average molecular weight is 305 g/mol. The molecule has 112 valence electrons. The second kappa shape index (κ2) is 6.46. The van der Waals surface area contributed by atoms with Crippen molar-refractivity contribution >= 4 is 29.1 Å². The van der Waals surface area contributed by atoms with E-state index in [2.05, 4.69) is 0 Å². The molecule has 2 atom stereocenters. The molecule has 0 spiro atoms. The first-order valence-electron chi connectivity index (χ1n) is 7.19. The molecule has 2 aromatic carbocycles. The average Bonchev–Trinajstić information content (AvgIpc) is 2.96. The van der Waals surface area contributed by atoms with Gasteiger partial charge in [-0.05, 0) is 36.1 Å². The normalized spacial score (nSPS) is 19.3. The lowest BCUT2D eigenvalue weighted by Gasteiger charge is -2.19. The van der Waals surface area contributed by atoms with Crippen LogP contribution in [0, 0.1) is 5.92 Å². The number of benzene rings is 2. The first kappa shape index (κ1) is 15.8. The summed E-state index contributed by atoms with van der Waals surface area (Å²) in [6.07, 6.45) is 1.01. The van der Waals surface area contributed by atoms with Crippen LogP contribution in [0.1, 0.15) is 23.7 Å². The second-order valence-corrected chi connectivity index (χ2v) is 5.69. The van der Waals surface area contributed by atoms with Crippen molar-refractivity contribution in [2.24, 2.45) is 11.7 Å². The van der Waals surface area contributed by atoms with E-state index in [9.17, 15) is 4.79 Å². The van der Waals surface area contributed by atoms with Crippen LogP contribution in [-0.2, 0) is 0 Å². The molecule has 3 rings (SSSR count). The van der Waals surface area contributed by atoms with E-state index in [1.807, 2.05) is 54.3 Å². The predicted octanol–water partition coefficient (Wildman–Crippen LogP) is 3.07. The van der Waals surface area contributed by atoms with Crippen molar-refractivity contribution in [3.63, 3.8) is 0 Å². The lowest BCUT2D eigenvalue weighted by molar-refractivity contribution is 0.0788. The third-order valence-electron chi connectivity index (χ3n) is 4.28. The van der Waals surface area contributed by atoms with Crippen molar-refractivity contribution in [2.75, 3.05) is 13.1 Å². The maximum absolute atomic E-state index is 12.7. The van der Waals surface area contributed by atoms with Crippen molar-refractivity contribution in [1.82, 2.24) is 4.90 Å². The van der Waals surface area contributed by atoms with Crippen LogP contribution in [-0.4, -0.2) is 29.9 Å². The van der Waals surface area contributed by atoms with Crippen LogP contribution in [0.25, 0.3) is 10.8 Å². The summed E-state index contributed by atoms with van der Waals surface area (Å²) in [5.74, 6) is 0.555. The highest BCUT2D eigenvalue weighted by Gasteiger charge is 2.29. The van der Waals surface area contributed by atoms with Crippen LogP contribution >= 0.6 is 12.4 Å². The highest BCUT2D eigenvalue weighted by molar-refractivity contribution is 6.07. The molecule has 4 heteroatoms. The molecule has 2 unspecified atom stereocenters. The zero-order valence-electron chi connectivity index (χ0n) is 12.2. The Labute approximate surface area is 131 Å². The van der Waals surface area contributed by atoms with Crippen LogP contribution in [0.4, 0.5) is 0 Å². The summed E-state index contributed by atoms with van der Waals surface area (Å²) < 4.78 is 0. The van der Waals surface area contributed by atoms with Gasteiger partial charge in [0, 0.05) is 24.7 Å². The number of hydrogen-bond donors (Lipinski definition) is 1. The monoisotopic (exact) mass is 304 g/mol. The molecule has 21 heavy (non-hydrogen) atoms. The van der Waals surface area contributed by atoms with Crippen LogP contribution in [0.15, 0.2) is 42.5 Å². The zero-order valence-corrected chi connectivity index (χ0v) is 13.0. The molecule has 1 aliphatic rings. The summed E-state index contributed by atoms with van der Waals surface area (Å²) in [6.45, 7) is 3.62. The van der Waals surface area contributed by atoms with Gasteiger partial charge < -0.3 is 10.6 Å². The van der Waals surface area contributed by atoms with Gasteiger partial charge in [0.25, 0.3) is 5.91 Å². The quantitative estimate of drug-likeness (QED) is 0.927. The van der Waals surface area contributed by atoms with Crippen LogP contribution in [0.2, 0.25) is 0 Å².